The van der Waals surface area contributed by atoms with E-state index in [1.807, 2.05) is 18.2 Å². The molecule has 1 aliphatic rings. The zero-order valence-electron chi connectivity index (χ0n) is 11.8. The third kappa shape index (κ3) is 2.18. The third-order valence-electron chi connectivity index (χ3n) is 4.59. The Hall–Kier alpha value is -2.30. The Morgan fingerprint density at radius 3 is 2.95 bits per heavy atom. The second kappa shape index (κ2) is 4.91. The molecule has 0 spiro atoms. The highest BCUT2D eigenvalue weighted by Crippen LogP contribution is 2.38. The second-order valence-electron chi connectivity index (χ2n) is 5.89. The third-order valence-corrected chi connectivity index (χ3v) is 4.59. The summed E-state index contributed by atoms with van der Waals surface area (Å²) in [5.74, 6) is -1.05. The highest BCUT2D eigenvalue weighted by molar-refractivity contribution is 6.06. The number of carboxylic acids is 1. The van der Waals surface area contributed by atoms with E-state index in [1.54, 1.807) is 19.2 Å². The van der Waals surface area contributed by atoms with Crippen molar-refractivity contribution in [2.75, 3.05) is 0 Å². The minimum atomic E-state index is -0.873. The molecule has 1 aromatic heterocycles. The number of H-pyrrole nitrogens is 1. The van der Waals surface area contributed by atoms with E-state index in [4.69, 9.17) is 0 Å². The van der Waals surface area contributed by atoms with Gasteiger partial charge in [0.05, 0.1) is 5.41 Å². The van der Waals surface area contributed by atoms with E-state index in [0.29, 0.717) is 18.4 Å². The van der Waals surface area contributed by atoms with Crippen molar-refractivity contribution in [3.05, 3.63) is 36.0 Å². The zero-order valence-corrected chi connectivity index (χ0v) is 11.8. The van der Waals surface area contributed by atoms with Crippen LogP contribution in [0.5, 0.6) is 0 Å². The van der Waals surface area contributed by atoms with E-state index >= 15 is 0 Å². The molecule has 0 aliphatic heterocycles. The average molecular weight is 286 g/mol. The SMILES string of the molecule is CC1(C(=O)O)CCCC1NC(=O)c1cccc2[nH]ccc12. The van der Waals surface area contributed by atoms with E-state index < -0.39 is 11.4 Å². The Balaban J connectivity index is 1.87. The summed E-state index contributed by atoms with van der Waals surface area (Å²) in [6.07, 6.45) is 3.92. The van der Waals surface area contributed by atoms with Crippen LogP contribution in [0.2, 0.25) is 0 Å². The first kappa shape index (κ1) is 13.7. The molecule has 21 heavy (non-hydrogen) atoms. The van der Waals surface area contributed by atoms with Gasteiger partial charge in [-0.2, -0.15) is 0 Å². The fourth-order valence-electron chi connectivity index (χ4n) is 3.17. The maximum atomic E-state index is 12.5. The van der Waals surface area contributed by atoms with E-state index in [0.717, 1.165) is 17.3 Å². The molecule has 2 unspecified atom stereocenters. The molecule has 3 rings (SSSR count). The maximum Gasteiger partial charge on any atom is 0.311 e. The van der Waals surface area contributed by atoms with Gasteiger partial charge in [0, 0.05) is 28.7 Å². The predicted molar refractivity (Wildman–Crippen MR) is 79.1 cm³/mol. The van der Waals surface area contributed by atoms with Crippen LogP contribution in [0.4, 0.5) is 0 Å². The number of amides is 1. The number of aliphatic carboxylic acids is 1. The monoisotopic (exact) mass is 286 g/mol. The lowest BCUT2D eigenvalue weighted by Crippen LogP contribution is -2.47. The van der Waals surface area contributed by atoms with Gasteiger partial charge in [-0.05, 0) is 38.0 Å². The number of carbonyl (C=O) groups excluding carboxylic acids is 1. The highest BCUT2D eigenvalue weighted by atomic mass is 16.4. The van der Waals surface area contributed by atoms with Crippen LogP contribution >= 0.6 is 0 Å². The molecule has 1 aromatic carbocycles. The quantitative estimate of drug-likeness (QED) is 0.811. The lowest BCUT2D eigenvalue weighted by molar-refractivity contribution is -0.148. The Morgan fingerprint density at radius 1 is 1.38 bits per heavy atom. The minimum Gasteiger partial charge on any atom is -0.481 e. The van der Waals surface area contributed by atoms with Crippen LogP contribution in [0.25, 0.3) is 10.9 Å². The number of aromatic nitrogens is 1. The number of aromatic amines is 1. The van der Waals surface area contributed by atoms with Crippen molar-refractivity contribution in [1.29, 1.82) is 0 Å². The molecule has 1 heterocycles. The number of nitrogens with one attached hydrogen (secondary N) is 2. The summed E-state index contributed by atoms with van der Waals surface area (Å²) in [5.41, 5.74) is 0.602. The number of benzene rings is 1. The van der Waals surface area contributed by atoms with Gasteiger partial charge >= 0.3 is 5.97 Å². The van der Waals surface area contributed by atoms with Gasteiger partial charge in [0.1, 0.15) is 0 Å². The molecular weight excluding hydrogens is 268 g/mol. The number of rotatable bonds is 3. The van der Waals surface area contributed by atoms with Crippen LogP contribution in [0, 0.1) is 5.41 Å². The van der Waals surface area contributed by atoms with Gasteiger partial charge in [-0.3, -0.25) is 9.59 Å². The van der Waals surface area contributed by atoms with E-state index in [-0.39, 0.29) is 11.9 Å². The Morgan fingerprint density at radius 2 is 2.19 bits per heavy atom. The summed E-state index contributed by atoms with van der Waals surface area (Å²) in [4.78, 5) is 27.0. The van der Waals surface area contributed by atoms with Crippen molar-refractivity contribution in [2.24, 2.45) is 5.41 Å². The van der Waals surface area contributed by atoms with Crippen molar-refractivity contribution in [2.45, 2.75) is 32.2 Å². The maximum absolute atomic E-state index is 12.5. The highest BCUT2D eigenvalue weighted by Gasteiger charge is 2.46. The van der Waals surface area contributed by atoms with Gasteiger partial charge in [-0.15, -0.1) is 0 Å². The predicted octanol–water partition coefficient (Wildman–Crippen LogP) is 2.54. The number of carbonyl (C=O) groups is 2. The normalized spacial score (nSPS) is 25.1. The molecule has 1 fully saturated rings. The van der Waals surface area contributed by atoms with Crippen LogP contribution in [0.15, 0.2) is 30.5 Å². The van der Waals surface area contributed by atoms with Crippen LogP contribution in [-0.2, 0) is 4.79 Å². The number of carboxylic acid groups (broad SMARTS) is 1. The molecule has 110 valence electrons. The lowest BCUT2D eigenvalue weighted by atomic mass is 9.84. The molecule has 1 aliphatic carbocycles. The Bertz CT molecular complexity index is 706. The van der Waals surface area contributed by atoms with E-state index in [9.17, 15) is 14.7 Å². The van der Waals surface area contributed by atoms with E-state index in [1.165, 1.54) is 0 Å². The van der Waals surface area contributed by atoms with Gasteiger partial charge in [0.15, 0.2) is 0 Å². The zero-order chi connectivity index (χ0) is 15.0. The molecule has 2 atom stereocenters. The lowest BCUT2D eigenvalue weighted by Gasteiger charge is -2.27. The molecule has 0 saturated heterocycles. The van der Waals surface area contributed by atoms with Gasteiger partial charge in [0.2, 0.25) is 0 Å². The second-order valence-corrected chi connectivity index (χ2v) is 5.89. The summed E-state index contributed by atoms with van der Waals surface area (Å²) >= 11 is 0. The Kier molecular flexibility index (Phi) is 3.20. The largest absolute Gasteiger partial charge is 0.481 e. The van der Waals surface area contributed by atoms with Gasteiger partial charge in [-0.1, -0.05) is 12.5 Å². The van der Waals surface area contributed by atoms with Crippen molar-refractivity contribution in [3.63, 3.8) is 0 Å². The molecule has 3 N–H and O–H groups in total. The van der Waals surface area contributed by atoms with Gasteiger partial charge in [-0.25, -0.2) is 0 Å². The summed E-state index contributed by atoms with van der Waals surface area (Å²) in [6, 6.07) is 7.02. The summed E-state index contributed by atoms with van der Waals surface area (Å²) in [6.45, 7) is 1.71. The van der Waals surface area contributed by atoms with Crippen molar-refractivity contribution < 1.29 is 14.7 Å². The van der Waals surface area contributed by atoms with Crippen LogP contribution < -0.4 is 5.32 Å². The smallest absolute Gasteiger partial charge is 0.311 e. The molecule has 0 radical (unpaired) electrons. The van der Waals surface area contributed by atoms with Crippen LogP contribution in [0.3, 0.4) is 0 Å². The molecule has 0 bridgehead atoms. The van der Waals surface area contributed by atoms with Crippen molar-refractivity contribution >= 4 is 22.8 Å². The Labute approximate surface area is 122 Å². The summed E-state index contributed by atoms with van der Waals surface area (Å²) in [7, 11) is 0. The molecule has 1 amide bonds. The molecular formula is C16H18N2O3. The number of hydrogen-bond acceptors (Lipinski definition) is 2. The molecule has 1 saturated carbocycles. The summed E-state index contributed by atoms with van der Waals surface area (Å²) < 4.78 is 0. The molecule has 2 aromatic rings. The standard InChI is InChI=1S/C16H18N2O3/c1-16(15(20)21)8-3-6-13(16)18-14(19)11-4-2-5-12-10(11)7-9-17-12/h2,4-5,7,9,13,17H,3,6,8H2,1H3,(H,18,19)(H,20,21). The van der Waals surface area contributed by atoms with Crippen molar-refractivity contribution in [1.82, 2.24) is 10.3 Å². The van der Waals surface area contributed by atoms with Crippen LogP contribution in [0.1, 0.15) is 36.5 Å². The fraction of sp³-hybridized carbons (Fsp3) is 0.375. The first-order valence-corrected chi connectivity index (χ1v) is 7.13. The topological polar surface area (TPSA) is 82.2 Å². The van der Waals surface area contributed by atoms with E-state index in [2.05, 4.69) is 10.3 Å². The summed E-state index contributed by atoms with van der Waals surface area (Å²) in [5, 5.41) is 13.2. The number of hydrogen-bond donors (Lipinski definition) is 3. The molecule has 5 nitrogen and oxygen atoms in total. The van der Waals surface area contributed by atoms with Gasteiger partial charge < -0.3 is 15.4 Å². The minimum absolute atomic E-state index is 0.209. The average Bonchev–Trinajstić information content (AvgIpc) is 3.06. The van der Waals surface area contributed by atoms with Crippen LogP contribution in [-0.4, -0.2) is 28.0 Å². The first-order valence-electron chi connectivity index (χ1n) is 7.13. The fourth-order valence-corrected chi connectivity index (χ4v) is 3.17. The number of fused-ring (bicyclic) bond motifs is 1. The molecule has 5 heteroatoms. The van der Waals surface area contributed by atoms with Crippen molar-refractivity contribution in [3.8, 4) is 0 Å². The first-order chi connectivity index (χ1) is 10.0. The van der Waals surface area contributed by atoms with Gasteiger partial charge in [0.25, 0.3) is 5.91 Å².